The fourth-order valence-electron chi connectivity index (χ4n) is 3.01. The molecule has 1 aliphatic rings. The Hall–Kier alpha value is -1.62. The van der Waals surface area contributed by atoms with E-state index < -0.39 is 0 Å². The van der Waals surface area contributed by atoms with E-state index in [9.17, 15) is 0 Å². The van der Waals surface area contributed by atoms with E-state index in [2.05, 4.69) is 34.9 Å². The van der Waals surface area contributed by atoms with Gasteiger partial charge in [-0.25, -0.2) is 0 Å². The average molecular weight is 275 g/mol. The average Bonchev–Trinajstić information content (AvgIpc) is 2.37. The van der Waals surface area contributed by atoms with Crippen molar-refractivity contribution in [1.29, 1.82) is 5.41 Å². The van der Waals surface area contributed by atoms with Crippen LogP contribution in [0.4, 0.5) is 5.69 Å². The molecule has 0 atom stereocenters. The Bertz CT molecular complexity index is 501. The molecule has 0 bridgehead atoms. The molecular formula is C15H25N5. The van der Waals surface area contributed by atoms with Crippen LogP contribution in [0.5, 0.6) is 0 Å². The van der Waals surface area contributed by atoms with Crippen LogP contribution in [-0.4, -0.2) is 48.9 Å². The molecule has 0 saturated carbocycles. The van der Waals surface area contributed by atoms with Gasteiger partial charge in [0.05, 0.1) is 16.9 Å². The van der Waals surface area contributed by atoms with Crippen molar-refractivity contribution in [2.45, 2.75) is 32.7 Å². The number of nitrogens with one attached hydrogen (secondary N) is 1. The Kier molecular flexibility index (Phi) is 4.28. The van der Waals surface area contributed by atoms with E-state index in [0.29, 0.717) is 6.04 Å². The quantitative estimate of drug-likeness (QED) is 0.648. The highest BCUT2D eigenvalue weighted by Gasteiger charge is 2.24. The van der Waals surface area contributed by atoms with Gasteiger partial charge in [0, 0.05) is 24.8 Å². The number of hydrogen-bond donors (Lipinski definition) is 2. The van der Waals surface area contributed by atoms with Crippen LogP contribution in [0.15, 0.2) is 6.07 Å². The van der Waals surface area contributed by atoms with Gasteiger partial charge in [-0.2, -0.15) is 0 Å². The molecule has 1 saturated heterocycles. The molecule has 0 amide bonds. The summed E-state index contributed by atoms with van der Waals surface area (Å²) >= 11 is 0. The summed E-state index contributed by atoms with van der Waals surface area (Å²) in [7, 11) is 4.28. The standard InChI is InChI=1S/C15H25N5/c1-10-9-13(14(15(16)17)11(2)18-10)20-7-5-12(6-8-20)19(3)4/h9,12H,5-8H2,1-4H3,(H3,16,17). The predicted octanol–water partition coefficient (Wildman–Crippen LogP) is 1.51. The molecule has 1 aliphatic heterocycles. The predicted molar refractivity (Wildman–Crippen MR) is 83.6 cm³/mol. The van der Waals surface area contributed by atoms with Crippen molar-refractivity contribution in [3.8, 4) is 0 Å². The molecule has 0 unspecified atom stereocenters. The molecule has 5 heteroatoms. The van der Waals surface area contributed by atoms with Gasteiger partial charge in [-0.3, -0.25) is 10.4 Å². The van der Waals surface area contributed by atoms with E-state index in [-0.39, 0.29) is 5.84 Å². The number of rotatable bonds is 3. The molecule has 1 aromatic rings. The van der Waals surface area contributed by atoms with E-state index in [1.165, 1.54) is 0 Å². The van der Waals surface area contributed by atoms with Gasteiger partial charge >= 0.3 is 0 Å². The van der Waals surface area contributed by atoms with Crippen molar-refractivity contribution in [2.75, 3.05) is 32.1 Å². The second-order valence-corrected chi connectivity index (χ2v) is 5.84. The second-order valence-electron chi connectivity index (χ2n) is 5.84. The van der Waals surface area contributed by atoms with E-state index >= 15 is 0 Å². The van der Waals surface area contributed by atoms with Gasteiger partial charge in [-0.15, -0.1) is 0 Å². The lowest BCUT2D eigenvalue weighted by atomic mass is 10.0. The lowest BCUT2D eigenvalue weighted by molar-refractivity contribution is 0.249. The summed E-state index contributed by atoms with van der Waals surface area (Å²) in [5.74, 6) is 0.111. The first-order chi connectivity index (χ1) is 9.40. The number of nitrogens with two attached hydrogens (primary N) is 1. The molecule has 2 heterocycles. The Labute approximate surface area is 121 Å². The molecule has 5 nitrogen and oxygen atoms in total. The third kappa shape index (κ3) is 2.93. The van der Waals surface area contributed by atoms with Crippen LogP contribution < -0.4 is 10.6 Å². The van der Waals surface area contributed by atoms with Gasteiger partial charge in [0.25, 0.3) is 0 Å². The highest BCUT2D eigenvalue weighted by atomic mass is 15.2. The maximum atomic E-state index is 7.82. The Morgan fingerprint density at radius 3 is 2.45 bits per heavy atom. The lowest BCUT2D eigenvalue weighted by Crippen LogP contribution is -2.42. The van der Waals surface area contributed by atoms with E-state index in [1.54, 1.807) is 0 Å². The summed E-state index contributed by atoms with van der Waals surface area (Å²) in [5.41, 5.74) is 9.45. The number of nitrogen functional groups attached to an aromatic ring is 1. The third-order valence-electron chi connectivity index (χ3n) is 4.11. The zero-order chi connectivity index (χ0) is 14.9. The maximum Gasteiger partial charge on any atom is 0.126 e. The summed E-state index contributed by atoms with van der Waals surface area (Å²) in [6.07, 6.45) is 2.29. The first-order valence-corrected chi connectivity index (χ1v) is 7.14. The molecule has 20 heavy (non-hydrogen) atoms. The molecular weight excluding hydrogens is 250 g/mol. The molecule has 0 aromatic carbocycles. The Morgan fingerprint density at radius 2 is 1.95 bits per heavy atom. The summed E-state index contributed by atoms with van der Waals surface area (Å²) in [4.78, 5) is 9.08. The molecule has 2 rings (SSSR count). The fourth-order valence-corrected chi connectivity index (χ4v) is 3.01. The lowest BCUT2D eigenvalue weighted by Gasteiger charge is -2.37. The molecule has 1 fully saturated rings. The normalized spacial score (nSPS) is 16.8. The van der Waals surface area contributed by atoms with Crippen LogP contribution in [0.3, 0.4) is 0 Å². The number of piperidine rings is 1. The van der Waals surface area contributed by atoms with Crippen LogP contribution in [0.1, 0.15) is 29.8 Å². The first-order valence-electron chi connectivity index (χ1n) is 7.14. The Balaban J connectivity index is 2.27. The second kappa shape index (κ2) is 5.79. The molecule has 3 N–H and O–H groups in total. The SMILES string of the molecule is Cc1cc(N2CCC(N(C)C)CC2)c(C(=N)N)c(C)n1. The largest absolute Gasteiger partial charge is 0.384 e. The summed E-state index contributed by atoms with van der Waals surface area (Å²) in [5, 5.41) is 7.82. The number of nitrogens with zero attached hydrogens (tertiary/aromatic N) is 3. The van der Waals surface area contributed by atoms with Crippen LogP contribution in [0, 0.1) is 19.3 Å². The van der Waals surface area contributed by atoms with Crippen LogP contribution in [0.25, 0.3) is 0 Å². The van der Waals surface area contributed by atoms with Crippen LogP contribution >= 0.6 is 0 Å². The number of aryl methyl sites for hydroxylation is 2. The summed E-state index contributed by atoms with van der Waals surface area (Å²) in [6.45, 7) is 5.94. The highest BCUT2D eigenvalue weighted by Crippen LogP contribution is 2.27. The van der Waals surface area contributed by atoms with Gasteiger partial charge < -0.3 is 15.5 Å². The zero-order valence-corrected chi connectivity index (χ0v) is 12.9. The van der Waals surface area contributed by atoms with Crippen molar-refractivity contribution >= 4 is 11.5 Å². The molecule has 110 valence electrons. The number of amidine groups is 1. The maximum absolute atomic E-state index is 7.82. The number of hydrogen-bond acceptors (Lipinski definition) is 4. The van der Waals surface area contributed by atoms with Crippen molar-refractivity contribution < 1.29 is 0 Å². The van der Waals surface area contributed by atoms with Gasteiger partial charge in [0.1, 0.15) is 5.84 Å². The van der Waals surface area contributed by atoms with E-state index in [4.69, 9.17) is 11.1 Å². The third-order valence-corrected chi connectivity index (χ3v) is 4.11. The van der Waals surface area contributed by atoms with Gasteiger partial charge in [-0.05, 0) is 46.9 Å². The smallest absolute Gasteiger partial charge is 0.126 e. The summed E-state index contributed by atoms with van der Waals surface area (Å²) < 4.78 is 0. The monoisotopic (exact) mass is 275 g/mol. The van der Waals surface area contributed by atoms with Gasteiger partial charge in [0.2, 0.25) is 0 Å². The van der Waals surface area contributed by atoms with Crippen LogP contribution in [-0.2, 0) is 0 Å². The first kappa shape index (κ1) is 14.8. The minimum Gasteiger partial charge on any atom is -0.384 e. The molecule has 0 aliphatic carbocycles. The fraction of sp³-hybridized carbons (Fsp3) is 0.600. The minimum atomic E-state index is 0.111. The number of anilines is 1. The van der Waals surface area contributed by atoms with Gasteiger partial charge in [-0.1, -0.05) is 0 Å². The minimum absolute atomic E-state index is 0.111. The van der Waals surface area contributed by atoms with E-state index in [0.717, 1.165) is 48.6 Å². The van der Waals surface area contributed by atoms with Gasteiger partial charge in [0.15, 0.2) is 0 Å². The molecule has 0 spiro atoms. The molecule has 0 radical (unpaired) electrons. The van der Waals surface area contributed by atoms with E-state index in [1.807, 2.05) is 13.8 Å². The van der Waals surface area contributed by atoms with Crippen molar-refractivity contribution in [2.24, 2.45) is 5.73 Å². The van der Waals surface area contributed by atoms with Crippen molar-refractivity contribution in [3.05, 3.63) is 23.0 Å². The van der Waals surface area contributed by atoms with Crippen molar-refractivity contribution in [3.63, 3.8) is 0 Å². The molecule has 1 aromatic heterocycles. The number of pyridine rings is 1. The van der Waals surface area contributed by atoms with Crippen molar-refractivity contribution in [1.82, 2.24) is 9.88 Å². The zero-order valence-electron chi connectivity index (χ0n) is 12.9. The van der Waals surface area contributed by atoms with Crippen LogP contribution in [0.2, 0.25) is 0 Å². The highest BCUT2D eigenvalue weighted by molar-refractivity contribution is 6.01. The summed E-state index contributed by atoms with van der Waals surface area (Å²) in [6, 6.07) is 2.70. The number of aromatic nitrogens is 1. The topological polar surface area (TPSA) is 69.2 Å². The Morgan fingerprint density at radius 1 is 1.35 bits per heavy atom.